The molecule has 0 aliphatic heterocycles. The van der Waals surface area contributed by atoms with Gasteiger partial charge in [-0.05, 0) is 61.6 Å². The first-order valence-corrected chi connectivity index (χ1v) is 7.24. The van der Waals surface area contributed by atoms with Crippen molar-refractivity contribution < 1.29 is 4.79 Å². The average molecular weight is 258 g/mol. The fourth-order valence-corrected chi connectivity index (χ4v) is 2.98. The summed E-state index contributed by atoms with van der Waals surface area (Å²) in [6, 6.07) is 7.61. The molecule has 0 radical (unpaired) electrons. The zero-order valence-corrected chi connectivity index (χ0v) is 11.5. The lowest BCUT2D eigenvalue weighted by Gasteiger charge is -2.18. The Morgan fingerprint density at radius 1 is 1.47 bits per heavy atom. The summed E-state index contributed by atoms with van der Waals surface area (Å²) in [6.45, 7) is 2.81. The maximum atomic E-state index is 12.2. The number of benzene rings is 1. The maximum absolute atomic E-state index is 12.2. The zero-order valence-electron chi connectivity index (χ0n) is 11.5. The molecule has 0 heterocycles. The highest BCUT2D eigenvalue weighted by atomic mass is 16.1. The van der Waals surface area contributed by atoms with Crippen LogP contribution in [-0.4, -0.2) is 12.5 Å². The summed E-state index contributed by atoms with van der Waals surface area (Å²) < 4.78 is 0. The standard InChI is InChI=1S/C16H22N2O/c1-11(12-3-2-4-14(17)9-12)15(19)18-10-16(7-8-16)13-5-6-13/h2-4,9,11,13H,5-8,10,17H2,1H3,(H,18,19). The number of anilines is 1. The van der Waals surface area contributed by atoms with Gasteiger partial charge in [-0.3, -0.25) is 4.79 Å². The molecule has 1 unspecified atom stereocenters. The molecule has 3 heteroatoms. The highest BCUT2D eigenvalue weighted by molar-refractivity contribution is 5.83. The van der Waals surface area contributed by atoms with Crippen LogP contribution in [0.1, 0.15) is 44.1 Å². The van der Waals surface area contributed by atoms with E-state index in [0.29, 0.717) is 11.1 Å². The summed E-state index contributed by atoms with van der Waals surface area (Å²) in [5.74, 6) is 0.881. The van der Waals surface area contributed by atoms with Crippen molar-refractivity contribution >= 4 is 11.6 Å². The molecular weight excluding hydrogens is 236 g/mol. The minimum Gasteiger partial charge on any atom is -0.399 e. The van der Waals surface area contributed by atoms with E-state index in [1.807, 2.05) is 31.2 Å². The fourth-order valence-electron chi connectivity index (χ4n) is 2.98. The summed E-state index contributed by atoms with van der Waals surface area (Å²) in [7, 11) is 0. The van der Waals surface area contributed by atoms with Crippen LogP contribution in [-0.2, 0) is 4.79 Å². The van der Waals surface area contributed by atoms with Gasteiger partial charge < -0.3 is 11.1 Å². The Hall–Kier alpha value is -1.51. The van der Waals surface area contributed by atoms with E-state index in [9.17, 15) is 4.79 Å². The topological polar surface area (TPSA) is 55.1 Å². The monoisotopic (exact) mass is 258 g/mol. The lowest BCUT2D eigenvalue weighted by atomic mass is 9.97. The van der Waals surface area contributed by atoms with E-state index in [4.69, 9.17) is 5.73 Å². The number of hydrogen-bond acceptors (Lipinski definition) is 2. The third-order valence-electron chi connectivity index (χ3n) is 4.75. The Morgan fingerprint density at radius 2 is 2.21 bits per heavy atom. The van der Waals surface area contributed by atoms with Crippen LogP contribution in [0.3, 0.4) is 0 Å². The minimum absolute atomic E-state index is 0.123. The van der Waals surface area contributed by atoms with Gasteiger partial charge in [-0.2, -0.15) is 0 Å². The van der Waals surface area contributed by atoms with E-state index in [1.165, 1.54) is 25.7 Å². The minimum atomic E-state index is -0.126. The van der Waals surface area contributed by atoms with Crippen molar-refractivity contribution in [2.24, 2.45) is 11.3 Å². The van der Waals surface area contributed by atoms with E-state index in [-0.39, 0.29) is 11.8 Å². The number of carbonyl (C=O) groups excluding carboxylic acids is 1. The quantitative estimate of drug-likeness (QED) is 0.798. The molecule has 1 amide bonds. The highest BCUT2D eigenvalue weighted by Crippen LogP contribution is 2.60. The van der Waals surface area contributed by atoms with Crippen LogP contribution < -0.4 is 11.1 Å². The lowest BCUT2D eigenvalue weighted by Crippen LogP contribution is -2.34. The Morgan fingerprint density at radius 3 is 2.79 bits per heavy atom. The van der Waals surface area contributed by atoms with Gasteiger partial charge in [0.25, 0.3) is 0 Å². The van der Waals surface area contributed by atoms with E-state index in [1.54, 1.807) is 0 Å². The largest absolute Gasteiger partial charge is 0.399 e. The van der Waals surface area contributed by atoms with E-state index >= 15 is 0 Å². The number of nitrogens with two attached hydrogens (primary N) is 1. The highest BCUT2D eigenvalue weighted by Gasteiger charge is 2.53. The third-order valence-corrected chi connectivity index (χ3v) is 4.75. The summed E-state index contributed by atoms with van der Waals surface area (Å²) >= 11 is 0. The van der Waals surface area contributed by atoms with Gasteiger partial charge >= 0.3 is 0 Å². The second kappa shape index (κ2) is 4.55. The van der Waals surface area contributed by atoms with Crippen LogP contribution in [0.15, 0.2) is 24.3 Å². The van der Waals surface area contributed by atoms with Crippen LogP contribution in [0.2, 0.25) is 0 Å². The molecule has 3 nitrogen and oxygen atoms in total. The molecule has 1 atom stereocenters. The number of nitrogen functional groups attached to an aromatic ring is 1. The van der Waals surface area contributed by atoms with Gasteiger partial charge in [0.2, 0.25) is 5.91 Å². The molecule has 0 saturated heterocycles. The number of nitrogens with one attached hydrogen (secondary N) is 1. The number of rotatable bonds is 5. The molecule has 2 fully saturated rings. The molecule has 1 aromatic carbocycles. The SMILES string of the molecule is CC(C(=O)NCC1(C2CC2)CC1)c1cccc(N)c1. The molecule has 2 saturated carbocycles. The summed E-state index contributed by atoms with van der Waals surface area (Å²) in [5, 5.41) is 3.14. The number of carbonyl (C=O) groups is 1. The van der Waals surface area contributed by atoms with Crippen LogP contribution in [0, 0.1) is 11.3 Å². The molecule has 0 bridgehead atoms. The molecule has 3 N–H and O–H groups in total. The first kappa shape index (κ1) is 12.5. The van der Waals surface area contributed by atoms with Crippen LogP contribution in [0.25, 0.3) is 0 Å². The summed E-state index contributed by atoms with van der Waals surface area (Å²) in [4.78, 5) is 12.2. The number of hydrogen-bond donors (Lipinski definition) is 2. The van der Waals surface area contributed by atoms with Crippen molar-refractivity contribution in [1.29, 1.82) is 0 Å². The Balaban J connectivity index is 1.58. The Bertz CT molecular complexity index is 489. The van der Waals surface area contributed by atoms with E-state index in [2.05, 4.69) is 5.32 Å². The van der Waals surface area contributed by atoms with Crippen molar-refractivity contribution in [3.8, 4) is 0 Å². The Labute approximate surface area is 114 Å². The zero-order chi connectivity index (χ0) is 13.5. The predicted molar refractivity (Wildman–Crippen MR) is 76.7 cm³/mol. The van der Waals surface area contributed by atoms with Crippen molar-refractivity contribution in [1.82, 2.24) is 5.32 Å². The maximum Gasteiger partial charge on any atom is 0.227 e. The van der Waals surface area contributed by atoms with Gasteiger partial charge in [-0.25, -0.2) is 0 Å². The second-order valence-electron chi connectivity index (χ2n) is 6.25. The summed E-state index contributed by atoms with van der Waals surface area (Å²) in [6.07, 6.45) is 5.32. The smallest absolute Gasteiger partial charge is 0.227 e. The number of amides is 1. The molecule has 1 aromatic rings. The van der Waals surface area contributed by atoms with Gasteiger partial charge in [0.1, 0.15) is 0 Å². The lowest BCUT2D eigenvalue weighted by molar-refractivity contribution is -0.122. The molecule has 102 valence electrons. The fraction of sp³-hybridized carbons (Fsp3) is 0.562. The van der Waals surface area contributed by atoms with E-state index in [0.717, 1.165) is 18.0 Å². The van der Waals surface area contributed by atoms with Crippen molar-refractivity contribution in [3.63, 3.8) is 0 Å². The normalized spacial score (nSPS) is 21.7. The van der Waals surface area contributed by atoms with Gasteiger partial charge in [0.05, 0.1) is 5.92 Å². The third kappa shape index (κ3) is 2.60. The van der Waals surface area contributed by atoms with Crippen molar-refractivity contribution in [2.45, 2.75) is 38.5 Å². The molecule has 0 spiro atoms. The van der Waals surface area contributed by atoms with E-state index < -0.39 is 0 Å². The molecule has 3 rings (SSSR count). The van der Waals surface area contributed by atoms with Crippen LogP contribution >= 0.6 is 0 Å². The summed E-state index contributed by atoms with van der Waals surface area (Å²) in [5.41, 5.74) is 7.94. The van der Waals surface area contributed by atoms with Crippen molar-refractivity contribution in [3.05, 3.63) is 29.8 Å². The molecule has 2 aliphatic rings. The van der Waals surface area contributed by atoms with Crippen molar-refractivity contribution in [2.75, 3.05) is 12.3 Å². The van der Waals surface area contributed by atoms with Gasteiger partial charge in [-0.1, -0.05) is 12.1 Å². The molecule has 0 aromatic heterocycles. The molecule has 2 aliphatic carbocycles. The predicted octanol–water partition coefficient (Wildman–Crippen LogP) is 2.68. The van der Waals surface area contributed by atoms with Gasteiger partial charge in [-0.15, -0.1) is 0 Å². The molecular formula is C16H22N2O. The first-order chi connectivity index (χ1) is 9.11. The first-order valence-electron chi connectivity index (χ1n) is 7.24. The average Bonchev–Trinajstić information content (AvgIpc) is 3.27. The van der Waals surface area contributed by atoms with Crippen LogP contribution in [0.4, 0.5) is 5.69 Å². The van der Waals surface area contributed by atoms with Crippen LogP contribution in [0.5, 0.6) is 0 Å². The second-order valence-corrected chi connectivity index (χ2v) is 6.25. The van der Waals surface area contributed by atoms with Gasteiger partial charge in [0, 0.05) is 12.2 Å². The Kier molecular flexibility index (Phi) is 3.00. The van der Waals surface area contributed by atoms with Gasteiger partial charge in [0.15, 0.2) is 0 Å². The molecule has 19 heavy (non-hydrogen) atoms.